The topological polar surface area (TPSA) is 120 Å². The van der Waals surface area contributed by atoms with E-state index in [2.05, 4.69) is 10.3 Å². The van der Waals surface area contributed by atoms with Crippen LogP contribution in [0.15, 0.2) is 65.8 Å². The van der Waals surface area contributed by atoms with E-state index < -0.39 is 10.1 Å². The van der Waals surface area contributed by atoms with Gasteiger partial charge in [-0.1, -0.05) is 30.3 Å². The second kappa shape index (κ2) is 7.75. The zero-order valence-corrected chi connectivity index (χ0v) is 15.0. The van der Waals surface area contributed by atoms with E-state index in [0.717, 1.165) is 5.69 Å². The Balaban J connectivity index is 1.82. The van der Waals surface area contributed by atoms with Gasteiger partial charge in [-0.05, 0) is 23.8 Å². The zero-order valence-electron chi connectivity index (χ0n) is 14.2. The van der Waals surface area contributed by atoms with Crippen LogP contribution >= 0.6 is 0 Å². The lowest BCUT2D eigenvalue weighted by atomic mass is 10.1. The Morgan fingerprint density at radius 2 is 1.70 bits per heavy atom. The Hall–Kier alpha value is -2.94. The van der Waals surface area contributed by atoms with Crippen molar-refractivity contribution >= 4 is 15.8 Å². The molecule has 0 radical (unpaired) electrons. The lowest BCUT2D eigenvalue weighted by molar-refractivity contribution is 0.279. The summed E-state index contributed by atoms with van der Waals surface area (Å²) in [4.78, 5) is 3.68. The lowest BCUT2D eigenvalue weighted by Gasteiger charge is -2.12. The van der Waals surface area contributed by atoms with Crippen molar-refractivity contribution in [1.82, 2.24) is 4.98 Å². The first kappa shape index (κ1) is 18.8. The first-order chi connectivity index (χ1) is 12.9. The molecular weight excluding hydrogens is 368 g/mol. The van der Waals surface area contributed by atoms with E-state index in [1.807, 2.05) is 0 Å². The molecular formula is C19H18N2O5S. The van der Waals surface area contributed by atoms with Crippen LogP contribution < -0.4 is 5.32 Å². The SMILES string of the molecule is O=S(=O)(O)c1ccccc1-c1ccc(NCc2c(O)cncc2CO)cc1. The molecule has 3 rings (SSSR count). The summed E-state index contributed by atoms with van der Waals surface area (Å²) in [7, 11) is -4.32. The monoisotopic (exact) mass is 386 g/mol. The minimum atomic E-state index is -4.32. The van der Waals surface area contributed by atoms with Crippen LogP contribution in [0.1, 0.15) is 11.1 Å². The maximum Gasteiger partial charge on any atom is 0.295 e. The molecule has 0 spiro atoms. The highest BCUT2D eigenvalue weighted by atomic mass is 32.2. The zero-order chi connectivity index (χ0) is 19.4. The number of aliphatic hydroxyl groups excluding tert-OH is 1. The van der Waals surface area contributed by atoms with Crippen LogP contribution in [0.25, 0.3) is 11.1 Å². The number of pyridine rings is 1. The third kappa shape index (κ3) is 4.25. The van der Waals surface area contributed by atoms with Gasteiger partial charge in [0.2, 0.25) is 0 Å². The van der Waals surface area contributed by atoms with Crippen LogP contribution in [-0.2, 0) is 23.3 Å². The summed E-state index contributed by atoms with van der Waals surface area (Å²) < 4.78 is 32.5. The summed E-state index contributed by atoms with van der Waals surface area (Å²) >= 11 is 0. The quantitative estimate of drug-likeness (QED) is 0.481. The number of hydrogen-bond donors (Lipinski definition) is 4. The van der Waals surface area contributed by atoms with Crippen molar-refractivity contribution in [3.8, 4) is 16.9 Å². The van der Waals surface area contributed by atoms with Crippen molar-refractivity contribution in [2.24, 2.45) is 0 Å². The van der Waals surface area contributed by atoms with Gasteiger partial charge >= 0.3 is 0 Å². The molecule has 0 saturated heterocycles. The van der Waals surface area contributed by atoms with Crippen LogP contribution in [-0.4, -0.2) is 28.2 Å². The highest BCUT2D eigenvalue weighted by Gasteiger charge is 2.15. The predicted molar refractivity (Wildman–Crippen MR) is 101 cm³/mol. The molecule has 27 heavy (non-hydrogen) atoms. The molecule has 140 valence electrons. The minimum Gasteiger partial charge on any atom is -0.506 e. The lowest BCUT2D eigenvalue weighted by Crippen LogP contribution is -2.04. The van der Waals surface area contributed by atoms with Crippen LogP contribution in [0.5, 0.6) is 5.75 Å². The third-order valence-electron chi connectivity index (χ3n) is 4.12. The van der Waals surface area contributed by atoms with Gasteiger partial charge in [-0.25, -0.2) is 0 Å². The van der Waals surface area contributed by atoms with E-state index in [1.165, 1.54) is 18.5 Å². The number of aliphatic hydroxyl groups is 1. The number of benzene rings is 2. The first-order valence-corrected chi connectivity index (χ1v) is 9.50. The largest absolute Gasteiger partial charge is 0.506 e. The first-order valence-electron chi connectivity index (χ1n) is 8.06. The van der Waals surface area contributed by atoms with Gasteiger partial charge in [-0.2, -0.15) is 8.42 Å². The maximum absolute atomic E-state index is 11.5. The van der Waals surface area contributed by atoms with Crippen LogP contribution in [0.4, 0.5) is 5.69 Å². The van der Waals surface area contributed by atoms with Crippen molar-refractivity contribution in [3.05, 3.63) is 72.1 Å². The normalized spacial score (nSPS) is 11.3. The molecule has 7 nitrogen and oxygen atoms in total. The standard InChI is InChI=1S/C19H18N2O5S/c22-12-14-9-20-11-18(23)17(14)10-21-15-7-5-13(6-8-15)16-3-1-2-4-19(16)27(24,25)26/h1-9,11,21-23H,10,12H2,(H,24,25,26). The van der Waals surface area contributed by atoms with Gasteiger partial charge in [-0.3, -0.25) is 9.54 Å². The number of aromatic hydroxyl groups is 1. The van der Waals surface area contributed by atoms with Gasteiger partial charge in [0.1, 0.15) is 10.6 Å². The van der Waals surface area contributed by atoms with Gasteiger partial charge in [0.15, 0.2) is 0 Å². The molecule has 1 heterocycles. The summed E-state index contributed by atoms with van der Waals surface area (Å²) in [5.41, 5.74) is 2.86. The molecule has 4 N–H and O–H groups in total. The highest BCUT2D eigenvalue weighted by molar-refractivity contribution is 7.86. The van der Waals surface area contributed by atoms with Gasteiger partial charge in [0.05, 0.1) is 12.8 Å². The summed E-state index contributed by atoms with van der Waals surface area (Å²) in [5.74, 6) is -0.00671. The molecule has 0 saturated carbocycles. The van der Waals surface area contributed by atoms with E-state index in [1.54, 1.807) is 42.5 Å². The molecule has 0 aliphatic carbocycles. The fraction of sp³-hybridized carbons (Fsp3) is 0.105. The Labute approximate surface area is 156 Å². The number of aromatic nitrogens is 1. The van der Waals surface area contributed by atoms with E-state index in [4.69, 9.17) is 0 Å². The molecule has 0 atom stereocenters. The number of nitrogens with zero attached hydrogens (tertiary/aromatic N) is 1. The van der Waals surface area contributed by atoms with Crippen molar-refractivity contribution in [3.63, 3.8) is 0 Å². The van der Waals surface area contributed by atoms with E-state index >= 15 is 0 Å². The van der Waals surface area contributed by atoms with Crippen LogP contribution in [0.3, 0.4) is 0 Å². The average molecular weight is 386 g/mol. The van der Waals surface area contributed by atoms with Crippen molar-refractivity contribution in [2.45, 2.75) is 18.0 Å². The number of anilines is 1. The molecule has 8 heteroatoms. The van der Waals surface area contributed by atoms with Gasteiger partial charge in [0, 0.05) is 35.1 Å². The fourth-order valence-corrected chi connectivity index (χ4v) is 3.46. The summed E-state index contributed by atoms with van der Waals surface area (Å²) in [5, 5.41) is 22.4. The fourth-order valence-electron chi connectivity index (χ4n) is 2.75. The molecule has 0 bridgehead atoms. The Morgan fingerprint density at radius 3 is 2.37 bits per heavy atom. The molecule has 0 aliphatic heterocycles. The minimum absolute atomic E-state index is 0.00671. The maximum atomic E-state index is 11.5. The van der Waals surface area contributed by atoms with Gasteiger partial charge in [0.25, 0.3) is 10.1 Å². The van der Waals surface area contributed by atoms with Gasteiger partial charge < -0.3 is 15.5 Å². The Kier molecular flexibility index (Phi) is 5.41. The Bertz CT molecular complexity index is 1050. The van der Waals surface area contributed by atoms with E-state index in [-0.39, 0.29) is 23.8 Å². The molecule has 0 amide bonds. The molecule has 0 fully saturated rings. The molecule has 0 unspecified atom stereocenters. The van der Waals surface area contributed by atoms with Gasteiger partial charge in [-0.15, -0.1) is 0 Å². The second-order valence-electron chi connectivity index (χ2n) is 5.86. The second-order valence-corrected chi connectivity index (χ2v) is 7.25. The summed E-state index contributed by atoms with van der Waals surface area (Å²) in [6.45, 7) is 0.0506. The number of rotatable bonds is 6. The smallest absolute Gasteiger partial charge is 0.295 e. The third-order valence-corrected chi connectivity index (χ3v) is 5.04. The van der Waals surface area contributed by atoms with E-state index in [0.29, 0.717) is 22.3 Å². The molecule has 0 aliphatic rings. The van der Waals surface area contributed by atoms with E-state index in [9.17, 15) is 23.2 Å². The van der Waals surface area contributed by atoms with Crippen molar-refractivity contribution in [2.75, 3.05) is 5.32 Å². The average Bonchev–Trinajstić information content (AvgIpc) is 2.66. The number of nitrogens with one attached hydrogen (secondary N) is 1. The van der Waals surface area contributed by atoms with Crippen molar-refractivity contribution < 1.29 is 23.2 Å². The number of hydrogen-bond acceptors (Lipinski definition) is 6. The van der Waals surface area contributed by atoms with Crippen LogP contribution in [0, 0.1) is 0 Å². The Morgan fingerprint density at radius 1 is 1.00 bits per heavy atom. The predicted octanol–water partition coefficient (Wildman–Crippen LogP) is 2.81. The molecule has 2 aromatic carbocycles. The highest BCUT2D eigenvalue weighted by Crippen LogP contribution is 2.28. The molecule has 1 aromatic heterocycles. The van der Waals surface area contributed by atoms with Crippen molar-refractivity contribution in [1.29, 1.82) is 0 Å². The molecule has 3 aromatic rings. The summed E-state index contributed by atoms with van der Waals surface area (Å²) in [6.07, 6.45) is 2.80. The summed E-state index contributed by atoms with van der Waals surface area (Å²) in [6, 6.07) is 13.2. The van der Waals surface area contributed by atoms with Crippen LogP contribution in [0.2, 0.25) is 0 Å².